The van der Waals surface area contributed by atoms with Crippen molar-refractivity contribution in [2.45, 2.75) is 32.4 Å². The number of hydrogen-bond donors (Lipinski definition) is 3. The van der Waals surface area contributed by atoms with Gasteiger partial charge in [0, 0.05) is 25.7 Å². The van der Waals surface area contributed by atoms with Crippen LogP contribution in [-0.2, 0) is 11.3 Å². The van der Waals surface area contributed by atoms with Gasteiger partial charge in [0.2, 0.25) is 5.91 Å². The quantitative estimate of drug-likeness (QED) is 0.448. The van der Waals surface area contributed by atoms with E-state index in [1.807, 2.05) is 48.7 Å². The van der Waals surface area contributed by atoms with Crippen LogP contribution >= 0.6 is 11.3 Å². The van der Waals surface area contributed by atoms with E-state index in [-0.39, 0.29) is 30.3 Å². The van der Waals surface area contributed by atoms with Gasteiger partial charge >= 0.3 is 0 Å². The number of aryl methyl sites for hydroxylation is 1. The smallest absolute Gasteiger partial charge is 0.261 e. The summed E-state index contributed by atoms with van der Waals surface area (Å²) < 4.78 is 0. The lowest BCUT2D eigenvalue weighted by atomic mass is 10.0. The molecule has 1 fully saturated rings. The molecule has 2 aromatic carbocycles. The highest BCUT2D eigenvalue weighted by atomic mass is 32.1. The number of nitrogens with zero attached hydrogens (tertiary/aromatic N) is 1. The first-order valence-corrected chi connectivity index (χ1v) is 12.7. The van der Waals surface area contributed by atoms with Gasteiger partial charge in [0.1, 0.15) is 0 Å². The van der Waals surface area contributed by atoms with Crippen molar-refractivity contribution in [1.82, 2.24) is 15.5 Å². The van der Waals surface area contributed by atoms with Crippen LogP contribution in [0.1, 0.15) is 44.0 Å². The average molecular weight is 491 g/mol. The summed E-state index contributed by atoms with van der Waals surface area (Å²) in [5.41, 5.74) is 3.11. The number of anilines is 1. The number of para-hydroxylation sites is 1. The molecule has 4 rings (SSSR count). The van der Waals surface area contributed by atoms with Crippen molar-refractivity contribution < 1.29 is 14.4 Å². The predicted octanol–water partition coefficient (Wildman–Crippen LogP) is 3.82. The molecule has 1 aromatic heterocycles. The highest BCUT2D eigenvalue weighted by Crippen LogP contribution is 2.17. The van der Waals surface area contributed by atoms with E-state index in [4.69, 9.17) is 0 Å². The molecule has 0 spiro atoms. The summed E-state index contributed by atoms with van der Waals surface area (Å²) in [4.78, 5) is 40.6. The van der Waals surface area contributed by atoms with Crippen molar-refractivity contribution in [3.05, 3.63) is 87.6 Å². The van der Waals surface area contributed by atoms with Crippen LogP contribution in [0.25, 0.3) is 0 Å². The van der Waals surface area contributed by atoms with E-state index in [0.29, 0.717) is 22.7 Å². The Morgan fingerprint density at radius 2 is 1.69 bits per heavy atom. The Balaban J connectivity index is 1.25. The highest BCUT2D eigenvalue weighted by Gasteiger charge is 2.23. The Hall–Kier alpha value is -3.49. The normalized spacial score (nSPS) is 14.3. The van der Waals surface area contributed by atoms with Crippen molar-refractivity contribution in [2.75, 3.05) is 25.0 Å². The molecule has 2 heterocycles. The van der Waals surface area contributed by atoms with E-state index in [1.165, 1.54) is 16.9 Å². The minimum Gasteiger partial charge on any atom is -0.349 e. The third-order valence-corrected chi connectivity index (χ3v) is 6.92. The summed E-state index contributed by atoms with van der Waals surface area (Å²) >= 11 is 1.43. The van der Waals surface area contributed by atoms with Gasteiger partial charge in [-0.2, -0.15) is 0 Å². The van der Waals surface area contributed by atoms with E-state index < -0.39 is 0 Å². The first-order valence-electron chi connectivity index (χ1n) is 11.8. The van der Waals surface area contributed by atoms with Gasteiger partial charge in [0.05, 0.1) is 22.7 Å². The molecule has 0 unspecified atom stereocenters. The Morgan fingerprint density at radius 1 is 0.943 bits per heavy atom. The zero-order valence-electron chi connectivity index (χ0n) is 19.8. The van der Waals surface area contributed by atoms with Crippen molar-refractivity contribution in [1.29, 1.82) is 0 Å². The van der Waals surface area contributed by atoms with Crippen LogP contribution < -0.4 is 16.0 Å². The number of likely N-dealkylation sites (tertiary alicyclic amines) is 1. The van der Waals surface area contributed by atoms with Crippen LogP contribution in [0.15, 0.2) is 66.0 Å². The monoisotopic (exact) mass is 490 g/mol. The molecule has 0 saturated carbocycles. The maximum atomic E-state index is 12.8. The number of carbonyl (C=O) groups excluding carboxylic acids is 3. The van der Waals surface area contributed by atoms with Crippen LogP contribution in [-0.4, -0.2) is 48.3 Å². The van der Waals surface area contributed by atoms with Crippen molar-refractivity contribution in [3.8, 4) is 0 Å². The van der Waals surface area contributed by atoms with Crippen LogP contribution in [0.4, 0.5) is 5.69 Å². The summed E-state index contributed by atoms with van der Waals surface area (Å²) in [6.45, 7) is 4.13. The maximum absolute atomic E-state index is 12.8. The highest BCUT2D eigenvalue weighted by molar-refractivity contribution is 7.12. The maximum Gasteiger partial charge on any atom is 0.261 e. The summed E-state index contributed by atoms with van der Waals surface area (Å²) in [7, 11) is 0. The molecular formula is C27H30N4O3S. The minimum atomic E-state index is -0.233. The van der Waals surface area contributed by atoms with Gasteiger partial charge in [-0.25, -0.2) is 0 Å². The van der Waals surface area contributed by atoms with E-state index in [9.17, 15) is 14.4 Å². The number of thiophene rings is 1. The Bertz CT molecular complexity index is 1150. The topological polar surface area (TPSA) is 90.5 Å². The van der Waals surface area contributed by atoms with Crippen molar-refractivity contribution in [2.24, 2.45) is 0 Å². The summed E-state index contributed by atoms with van der Waals surface area (Å²) in [5.74, 6) is -0.429. The van der Waals surface area contributed by atoms with Gasteiger partial charge in [-0.1, -0.05) is 48.0 Å². The zero-order valence-corrected chi connectivity index (χ0v) is 20.6. The standard InChI is InChI=1S/C27H30N4O3S/c1-19-8-10-20(11-9-19)17-28-26(33)22-5-2-3-6-23(22)30-25(32)18-31-14-12-21(13-15-31)29-27(34)24-7-4-16-35-24/h2-11,16,21H,12-15,17-18H2,1H3,(H,28,33)(H,29,34)(H,30,32). The van der Waals surface area contributed by atoms with Gasteiger partial charge < -0.3 is 16.0 Å². The van der Waals surface area contributed by atoms with Gasteiger partial charge in [0.25, 0.3) is 11.8 Å². The van der Waals surface area contributed by atoms with Crippen LogP contribution in [0.5, 0.6) is 0 Å². The number of amides is 3. The van der Waals surface area contributed by atoms with Crippen LogP contribution in [0.2, 0.25) is 0 Å². The number of carbonyl (C=O) groups is 3. The summed E-state index contributed by atoms with van der Waals surface area (Å²) in [6, 6.07) is 18.8. The molecule has 0 radical (unpaired) electrons. The lowest BCUT2D eigenvalue weighted by Crippen LogP contribution is -2.46. The Labute approximate surface area is 209 Å². The van der Waals surface area contributed by atoms with E-state index in [1.54, 1.807) is 24.3 Å². The molecule has 0 bridgehead atoms. The molecule has 1 aliphatic rings. The summed E-state index contributed by atoms with van der Waals surface area (Å²) in [6.07, 6.45) is 1.59. The Kier molecular flexibility index (Phi) is 8.28. The third-order valence-electron chi connectivity index (χ3n) is 6.05. The lowest BCUT2D eigenvalue weighted by Gasteiger charge is -2.31. The van der Waals surface area contributed by atoms with Crippen LogP contribution in [0.3, 0.4) is 0 Å². The molecule has 0 aliphatic carbocycles. The van der Waals surface area contributed by atoms with Gasteiger partial charge in [0.15, 0.2) is 0 Å². The fourth-order valence-electron chi connectivity index (χ4n) is 4.07. The van der Waals surface area contributed by atoms with Crippen molar-refractivity contribution >= 4 is 34.7 Å². The zero-order chi connectivity index (χ0) is 24.6. The summed E-state index contributed by atoms with van der Waals surface area (Å²) in [5, 5.41) is 10.8. The minimum absolute atomic E-state index is 0.0338. The fourth-order valence-corrected chi connectivity index (χ4v) is 4.69. The number of piperidine rings is 1. The van der Waals surface area contributed by atoms with E-state index in [0.717, 1.165) is 31.5 Å². The average Bonchev–Trinajstić information content (AvgIpc) is 3.40. The van der Waals surface area contributed by atoms with E-state index in [2.05, 4.69) is 20.9 Å². The predicted molar refractivity (Wildman–Crippen MR) is 139 cm³/mol. The molecule has 35 heavy (non-hydrogen) atoms. The molecule has 1 aliphatic heterocycles. The van der Waals surface area contributed by atoms with Gasteiger partial charge in [-0.3, -0.25) is 19.3 Å². The number of rotatable bonds is 8. The van der Waals surface area contributed by atoms with E-state index >= 15 is 0 Å². The number of hydrogen-bond acceptors (Lipinski definition) is 5. The molecule has 7 nitrogen and oxygen atoms in total. The SMILES string of the molecule is Cc1ccc(CNC(=O)c2ccccc2NC(=O)CN2CCC(NC(=O)c3cccs3)CC2)cc1. The molecular weight excluding hydrogens is 460 g/mol. The second kappa shape index (κ2) is 11.8. The number of benzene rings is 2. The molecule has 0 atom stereocenters. The molecule has 182 valence electrons. The fraction of sp³-hybridized carbons (Fsp3) is 0.296. The molecule has 8 heteroatoms. The first-order chi connectivity index (χ1) is 17.0. The molecule has 3 N–H and O–H groups in total. The molecule has 3 aromatic rings. The van der Waals surface area contributed by atoms with Gasteiger partial charge in [-0.05, 0) is 48.9 Å². The largest absolute Gasteiger partial charge is 0.349 e. The third kappa shape index (κ3) is 7.00. The number of nitrogens with one attached hydrogen (secondary N) is 3. The Morgan fingerprint density at radius 3 is 2.40 bits per heavy atom. The van der Waals surface area contributed by atoms with Gasteiger partial charge in [-0.15, -0.1) is 11.3 Å². The van der Waals surface area contributed by atoms with Crippen LogP contribution in [0, 0.1) is 6.92 Å². The van der Waals surface area contributed by atoms with Crippen molar-refractivity contribution in [3.63, 3.8) is 0 Å². The lowest BCUT2D eigenvalue weighted by molar-refractivity contribution is -0.117. The molecule has 1 saturated heterocycles. The molecule has 3 amide bonds. The second-order valence-electron chi connectivity index (χ2n) is 8.76. The second-order valence-corrected chi connectivity index (χ2v) is 9.71. The first kappa shape index (κ1) is 24.6.